The van der Waals surface area contributed by atoms with E-state index in [1.165, 1.54) is 21.5 Å². The van der Waals surface area contributed by atoms with Gasteiger partial charge in [0.15, 0.2) is 0 Å². The van der Waals surface area contributed by atoms with Gasteiger partial charge in [0.2, 0.25) is 0 Å². The Labute approximate surface area is 297 Å². The summed E-state index contributed by atoms with van der Waals surface area (Å²) in [4.78, 5) is 2.22. The minimum absolute atomic E-state index is 0.174. The Hall–Kier alpha value is -6.64. The summed E-state index contributed by atoms with van der Waals surface area (Å²) >= 11 is 0. The molecular weight excluding hydrogens is 607 g/mol. The maximum atomic E-state index is 8.59. The number of furan rings is 1. The number of hydrogen-bond acceptors (Lipinski definition) is 2. The molecule has 0 saturated carbocycles. The van der Waals surface area contributed by atoms with E-state index in [1.54, 1.807) is 0 Å². The van der Waals surface area contributed by atoms with Crippen LogP contribution in [0.1, 0.15) is 6.85 Å². The van der Waals surface area contributed by atoms with E-state index in [4.69, 9.17) is 11.3 Å². The van der Waals surface area contributed by atoms with Gasteiger partial charge in [-0.3, -0.25) is 0 Å². The Bertz CT molecular complexity index is 3120. The summed E-state index contributed by atoms with van der Waals surface area (Å²) in [6.07, 6.45) is 0. The molecule has 0 bridgehead atoms. The Morgan fingerprint density at radius 2 is 1.00 bits per heavy atom. The molecule has 9 aromatic carbocycles. The van der Waals surface area contributed by atoms with Crippen LogP contribution in [0.3, 0.4) is 0 Å². The van der Waals surface area contributed by atoms with E-state index in [9.17, 15) is 0 Å². The molecule has 10 rings (SSSR count). The third-order valence-electron chi connectivity index (χ3n) is 9.72. The van der Waals surface area contributed by atoms with E-state index in [-0.39, 0.29) is 29.7 Å². The molecule has 0 aliphatic heterocycles. The zero-order valence-corrected chi connectivity index (χ0v) is 26.9. The average molecular weight is 643 g/mol. The zero-order valence-electron chi connectivity index (χ0n) is 31.9. The van der Waals surface area contributed by atoms with Crippen LogP contribution in [-0.4, -0.2) is 0 Å². The van der Waals surface area contributed by atoms with E-state index >= 15 is 0 Å². The molecule has 0 unspecified atom stereocenters. The summed E-state index contributed by atoms with van der Waals surface area (Å²) in [5.41, 5.74) is 7.36. The van der Waals surface area contributed by atoms with Crippen molar-refractivity contribution in [2.24, 2.45) is 0 Å². The normalized spacial score (nSPS) is 13.0. The Morgan fingerprint density at radius 3 is 1.74 bits per heavy atom. The quantitative estimate of drug-likeness (QED) is 0.174. The van der Waals surface area contributed by atoms with Crippen LogP contribution >= 0.6 is 0 Å². The first-order valence-electron chi connectivity index (χ1n) is 19.2. The Morgan fingerprint density at radius 1 is 0.420 bits per heavy atom. The lowest BCUT2D eigenvalue weighted by atomic mass is 9.93. The standard InChI is InChI=1S/C48H31NO/c1-2-12-32(13-3-1)33-22-26-36(27-23-33)49(46-31-45-42-19-10-11-21-47(42)50-48(45)43-20-9-8-18-41(43)46)37-28-24-34(25-29-37)44-30-35-14-4-5-15-38(35)39-16-6-7-17-40(39)44/h1-31H/i1D,2D,3D,12D,13D. The second-order valence-electron chi connectivity index (χ2n) is 12.5. The van der Waals surface area contributed by atoms with E-state index in [0.29, 0.717) is 5.56 Å². The minimum Gasteiger partial charge on any atom is -0.455 e. The van der Waals surface area contributed by atoms with Crippen LogP contribution in [0.25, 0.3) is 76.5 Å². The fourth-order valence-electron chi connectivity index (χ4n) is 7.39. The molecule has 0 N–H and O–H groups in total. The second kappa shape index (κ2) is 11.5. The van der Waals surface area contributed by atoms with Crippen molar-refractivity contribution in [2.75, 3.05) is 4.90 Å². The lowest BCUT2D eigenvalue weighted by Crippen LogP contribution is -2.10. The van der Waals surface area contributed by atoms with Crippen LogP contribution in [-0.2, 0) is 0 Å². The van der Waals surface area contributed by atoms with E-state index in [1.807, 2.05) is 54.6 Å². The lowest BCUT2D eigenvalue weighted by Gasteiger charge is -2.27. The van der Waals surface area contributed by atoms with Crippen LogP contribution < -0.4 is 4.90 Å². The highest BCUT2D eigenvalue weighted by atomic mass is 16.3. The number of rotatable bonds is 5. The highest BCUT2D eigenvalue weighted by Gasteiger charge is 2.20. The molecule has 0 radical (unpaired) electrons. The summed E-state index contributed by atoms with van der Waals surface area (Å²) in [5, 5.41) is 8.85. The van der Waals surface area contributed by atoms with Gasteiger partial charge in [-0.25, -0.2) is 0 Å². The predicted octanol–water partition coefficient (Wildman–Crippen LogP) is 13.8. The number of anilines is 3. The maximum Gasteiger partial charge on any atom is 0.143 e. The number of nitrogens with zero attached hydrogens (tertiary/aromatic N) is 1. The molecular formula is C48H31NO. The molecule has 1 aromatic heterocycles. The molecule has 1 heterocycles. The van der Waals surface area contributed by atoms with Crippen molar-refractivity contribution in [1.82, 2.24) is 0 Å². The van der Waals surface area contributed by atoms with Gasteiger partial charge in [0, 0.05) is 32.9 Å². The van der Waals surface area contributed by atoms with Gasteiger partial charge in [0.05, 0.1) is 12.5 Å². The summed E-state index contributed by atoms with van der Waals surface area (Å²) < 4.78 is 48.2. The van der Waals surface area contributed by atoms with Gasteiger partial charge in [-0.1, -0.05) is 145 Å². The molecule has 50 heavy (non-hydrogen) atoms. The van der Waals surface area contributed by atoms with Gasteiger partial charge in [0.1, 0.15) is 11.2 Å². The number of hydrogen-bond donors (Lipinski definition) is 0. The molecule has 0 atom stereocenters. The molecule has 0 fully saturated rings. The lowest BCUT2D eigenvalue weighted by molar-refractivity contribution is 0.672. The first-order chi connectivity index (χ1) is 26.9. The molecule has 0 spiro atoms. The first-order valence-corrected chi connectivity index (χ1v) is 16.7. The highest BCUT2D eigenvalue weighted by Crippen LogP contribution is 2.45. The highest BCUT2D eigenvalue weighted by molar-refractivity contribution is 6.20. The van der Waals surface area contributed by atoms with Gasteiger partial charge >= 0.3 is 0 Å². The largest absolute Gasteiger partial charge is 0.455 e. The third-order valence-corrected chi connectivity index (χ3v) is 9.72. The van der Waals surface area contributed by atoms with Crippen molar-refractivity contribution in [2.45, 2.75) is 0 Å². The average Bonchev–Trinajstić information content (AvgIpc) is 3.62. The number of para-hydroxylation sites is 1. The van der Waals surface area contributed by atoms with Crippen molar-refractivity contribution >= 4 is 71.3 Å². The molecule has 0 aliphatic carbocycles. The first kappa shape index (κ1) is 23.6. The fraction of sp³-hybridized carbons (Fsp3) is 0. The van der Waals surface area contributed by atoms with Crippen molar-refractivity contribution in [3.8, 4) is 22.3 Å². The monoisotopic (exact) mass is 642 g/mol. The van der Waals surface area contributed by atoms with Gasteiger partial charge in [-0.2, -0.15) is 0 Å². The van der Waals surface area contributed by atoms with E-state index in [0.717, 1.165) is 60.9 Å². The number of benzene rings is 9. The molecule has 10 aromatic rings. The molecule has 0 aliphatic rings. The molecule has 2 nitrogen and oxygen atoms in total. The predicted molar refractivity (Wildman–Crippen MR) is 212 cm³/mol. The molecule has 2 heteroatoms. The summed E-state index contributed by atoms with van der Waals surface area (Å²) in [7, 11) is 0. The molecule has 234 valence electrons. The SMILES string of the molecule is [2H]c1c([2H])c([2H])c(-c2ccc(N(c3ccc(-c4cc5ccccc5c5ccccc45)cc3)c3cc4c5ccccc5oc4c4ccccc34)cc2)c([2H])c1[2H]. The summed E-state index contributed by atoms with van der Waals surface area (Å²) in [5.74, 6) is 0. The van der Waals surface area contributed by atoms with Crippen molar-refractivity contribution < 1.29 is 11.3 Å². The smallest absolute Gasteiger partial charge is 0.143 e. The van der Waals surface area contributed by atoms with Gasteiger partial charge in [0.25, 0.3) is 0 Å². The molecule has 0 amide bonds. The van der Waals surface area contributed by atoms with Crippen LogP contribution in [0.4, 0.5) is 17.1 Å². The Kier molecular flexibility index (Phi) is 5.44. The van der Waals surface area contributed by atoms with Crippen molar-refractivity contribution in [3.05, 3.63) is 188 Å². The fourth-order valence-corrected chi connectivity index (χ4v) is 7.39. The van der Waals surface area contributed by atoms with E-state index in [2.05, 4.69) is 108 Å². The van der Waals surface area contributed by atoms with Crippen LogP contribution in [0.15, 0.2) is 192 Å². The third kappa shape index (κ3) is 4.57. The molecule has 0 saturated heterocycles. The van der Waals surface area contributed by atoms with Crippen LogP contribution in [0.2, 0.25) is 0 Å². The maximum absolute atomic E-state index is 8.59. The van der Waals surface area contributed by atoms with Gasteiger partial charge < -0.3 is 9.32 Å². The van der Waals surface area contributed by atoms with Gasteiger partial charge in [-0.05, 0) is 86.3 Å². The summed E-state index contributed by atoms with van der Waals surface area (Å²) in [6, 6.07) is 52.5. The topological polar surface area (TPSA) is 16.4 Å². The van der Waals surface area contributed by atoms with Gasteiger partial charge in [-0.15, -0.1) is 0 Å². The van der Waals surface area contributed by atoms with Crippen molar-refractivity contribution in [1.29, 1.82) is 0 Å². The van der Waals surface area contributed by atoms with Crippen LogP contribution in [0, 0.1) is 0 Å². The number of fused-ring (bicyclic) bond motifs is 8. The van der Waals surface area contributed by atoms with E-state index < -0.39 is 6.04 Å². The summed E-state index contributed by atoms with van der Waals surface area (Å²) in [6.45, 7) is 0. The second-order valence-corrected chi connectivity index (χ2v) is 12.5. The minimum atomic E-state index is -0.407. The van der Waals surface area contributed by atoms with Crippen LogP contribution in [0.5, 0.6) is 0 Å². The zero-order chi connectivity index (χ0) is 37.4. The Balaban J connectivity index is 1.18. The van der Waals surface area contributed by atoms with Crippen molar-refractivity contribution in [3.63, 3.8) is 0 Å².